The first-order chi connectivity index (χ1) is 9.16. The van der Waals surface area contributed by atoms with Gasteiger partial charge in [0.15, 0.2) is 5.78 Å². The minimum absolute atomic E-state index is 0.0343. The van der Waals surface area contributed by atoms with Gasteiger partial charge in [-0.15, -0.1) is 0 Å². The molecule has 2 aromatic rings. The molecule has 0 saturated carbocycles. The molecule has 0 spiro atoms. The molecule has 0 saturated heterocycles. The summed E-state index contributed by atoms with van der Waals surface area (Å²) in [6.07, 6.45) is 1.95. The number of Topliss-reactive ketones (excluding diaryl/α,β-unsaturated/α-hetero) is 1. The third-order valence-corrected chi connectivity index (χ3v) is 3.34. The average molecular weight is 277 g/mol. The zero-order chi connectivity index (χ0) is 13.7. The van der Waals surface area contributed by atoms with E-state index in [0.29, 0.717) is 12.0 Å². The van der Waals surface area contributed by atoms with E-state index in [4.69, 9.17) is 11.6 Å². The van der Waals surface area contributed by atoms with Crippen molar-refractivity contribution in [3.8, 4) is 0 Å². The van der Waals surface area contributed by atoms with E-state index >= 15 is 0 Å². The van der Waals surface area contributed by atoms with Crippen LogP contribution in [0.5, 0.6) is 0 Å². The van der Waals surface area contributed by atoms with E-state index in [1.807, 2.05) is 24.3 Å². The van der Waals surface area contributed by atoms with Gasteiger partial charge >= 0.3 is 0 Å². The lowest BCUT2D eigenvalue weighted by atomic mass is 10.0. The van der Waals surface area contributed by atoms with Gasteiger partial charge in [0.05, 0.1) is 0 Å². The van der Waals surface area contributed by atoms with Crippen molar-refractivity contribution in [2.45, 2.75) is 19.3 Å². The highest BCUT2D eigenvalue weighted by Gasteiger charge is 2.06. The number of halogens is 2. The third kappa shape index (κ3) is 3.90. The van der Waals surface area contributed by atoms with Gasteiger partial charge in [0.1, 0.15) is 5.82 Å². The molecule has 3 heteroatoms. The van der Waals surface area contributed by atoms with Crippen LogP contribution in [0.4, 0.5) is 4.39 Å². The number of benzene rings is 2. The predicted octanol–water partition coefficient (Wildman–Crippen LogP) is 4.68. The largest absolute Gasteiger partial charge is 0.294 e. The van der Waals surface area contributed by atoms with Crippen LogP contribution < -0.4 is 0 Å². The number of rotatable bonds is 5. The molecule has 0 aliphatic rings. The van der Waals surface area contributed by atoms with Crippen LogP contribution in [0.2, 0.25) is 5.02 Å². The standard InChI is InChI=1S/C16H14ClFO/c17-15-6-2-1-4-12(15)5-3-7-16(19)13-8-10-14(18)11-9-13/h1-2,4,6,8-11H,3,5,7H2. The Labute approximate surface area is 117 Å². The van der Waals surface area contributed by atoms with Gasteiger partial charge in [0, 0.05) is 17.0 Å². The van der Waals surface area contributed by atoms with Crippen molar-refractivity contribution < 1.29 is 9.18 Å². The number of carbonyl (C=O) groups is 1. The zero-order valence-electron chi connectivity index (χ0n) is 10.4. The molecule has 0 heterocycles. The molecule has 0 fully saturated rings. The van der Waals surface area contributed by atoms with Crippen LogP contribution >= 0.6 is 11.6 Å². The Morgan fingerprint density at radius 2 is 1.74 bits per heavy atom. The summed E-state index contributed by atoms with van der Waals surface area (Å²) in [6, 6.07) is 13.3. The highest BCUT2D eigenvalue weighted by Crippen LogP contribution is 2.18. The normalized spacial score (nSPS) is 10.4. The van der Waals surface area contributed by atoms with Gasteiger partial charge in [-0.3, -0.25) is 4.79 Å². The number of hydrogen-bond acceptors (Lipinski definition) is 1. The molecular weight excluding hydrogens is 263 g/mol. The molecule has 98 valence electrons. The van der Waals surface area contributed by atoms with Crippen molar-refractivity contribution >= 4 is 17.4 Å². The maximum Gasteiger partial charge on any atom is 0.162 e. The second-order valence-corrected chi connectivity index (χ2v) is 4.78. The molecular formula is C16H14ClFO. The highest BCUT2D eigenvalue weighted by molar-refractivity contribution is 6.31. The van der Waals surface area contributed by atoms with Crippen molar-refractivity contribution in [1.82, 2.24) is 0 Å². The van der Waals surface area contributed by atoms with Gasteiger partial charge < -0.3 is 0 Å². The monoisotopic (exact) mass is 276 g/mol. The van der Waals surface area contributed by atoms with E-state index in [-0.39, 0.29) is 11.6 Å². The first kappa shape index (κ1) is 13.8. The van der Waals surface area contributed by atoms with Gasteiger partial charge in [0.2, 0.25) is 0 Å². The summed E-state index contributed by atoms with van der Waals surface area (Å²) < 4.78 is 12.7. The number of ketones is 1. The van der Waals surface area contributed by atoms with Crippen molar-refractivity contribution in [2.75, 3.05) is 0 Å². The van der Waals surface area contributed by atoms with E-state index < -0.39 is 0 Å². The second-order valence-electron chi connectivity index (χ2n) is 4.38. The molecule has 0 aliphatic heterocycles. The SMILES string of the molecule is O=C(CCCc1ccccc1Cl)c1ccc(F)cc1. The molecule has 2 aromatic carbocycles. The van der Waals surface area contributed by atoms with Crippen molar-refractivity contribution in [2.24, 2.45) is 0 Å². The second kappa shape index (κ2) is 6.48. The lowest BCUT2D eigenvalue weighted by molar-refractivity contribution is 0.0980. The maximum atomic E-state index is 12.7. The molecule has 2 rings (SSSR count). The molecule has 0 atom stereocenters. The Kier molecular flexibility index (Phi) is 4.69. The Hall–Kier alpha value is -1.67. The Morgan fingerprint density at radius 3 is 2.42 bits per heavy atom. The molecule has 0 radical (unpaired) electrons. The van der Waals surface area contributed by atoms with Gasteiger partial charge in [0.25, 0.3) is 0 Å². The fourth-order valence-corrected chi connectivity index (χ4v) is 2.15. The number of aryl methyl sites for hydroxylation is 1. The quantitative estimate of drug-likeness (QED) is 0.725. The first-order valence-corrected chi connectivity index (χ1v) is 6.57. The summed E-state index contributed by atoms with van der Waals surface area (Å²) in [5.74, 6) is -0.292. The molecule has 0 aliphatic carbocycles. The molecule has 0 amide bonds. The maximum absolute atomic E-state index is 12.7. The Balaban J connectivity index is 1.88. The number of carbonyl (C=O) groups excluding carboxylic acids is 1. The van der Waals surface area contributed by atoms with Crippen LogP contribution in [0.3, 0.4) is 0 Å². The highest BCUT2D eigenvalue weighted by atomic mass is 35.5. The van der Waals surface area contributed by atoms with Crippen molar-refractivity contribution in [3.05, 3.63) is 70.5 Å². The molecule has 1 nitrogen and oxygen atoms in total. The van der Waals surface area contributed by atoms with Crippen LogP contribution in [-0.2, 0) is 6.42 Å². The molecule has 0 N–H and O–H groups in total. The minimum Gasteiger partial charge on any atom is -0.294 e. The van der Waals surface area contributed by atoms with E-state index in [1.165, 1.54) is 24.3 Å². The van der Waals surface area contributed by atoms with Crippen LogP contribution in [0.1, 0.15) is 28.8 Å². The summed E-state index contributed by atoms with van der Waals surface area (Å²) in [7, 11) is 0. The van der Waals surface area contributed by atoms with Crippen LogP contribution in [-0.4, -0.2) is 5.78 Å². The molecule has 0 aromatic heterocycles. The first-order valence-electron chi connectivity index (χ1n) is 6.19. The topological polar surface area (TPSA) is 17.1 Å². The molecule has 0 bridgehead atoms. The predicted molar refractivity (Wildman–Crippen MR) is 75.1 cm³/mol. The van der Waals surface area contributed by atoms with E-state index in [0.717, 1.165) is 23.4 Å². The van der Waals surface area contributed by atoms with E-state index in [2.05, 4.69) is 0 Å². The van der Waals surface area contributed by atoms with E-state index in [9.17, 15) is 9.18 Å². The summed E-state index contributed by atoms with van der Waals surface area (Å²) in [6.45, 7) is 0. The average Bonchev–Trinajstić information content (AvgIpc) is 2.41. The van der Waals surface area contributed by atoms with Crippen LogP contribution in [0.15, 0.2) is 48.5 Å². The number of hydrogen-bond donors (Lipinski definition) is 0. The summed E-state index contributed by atoms with van der Waals surface area (Å²) in [5.41, 5.74) is 1.61. The van der Waals surface area contributed by atoms with Gasteiger partial charge in [-0.1, -0.05) is 29.8 Å². The summed E-state index contributed by atoms with van der Waals surface area (Å²) in [4.78, 5) is 11.9. The fraction of sp³-hybridized carbons (Fsp3) is 0.188. The molecule has 19 heavy (non-hydrogen) atoms. The lowest BCUT2D eigenvalue weighted by Crippen LogP contribution is -2.00. The van der Waals surface area contributed by atoms with Gasteiger partial charge in [-0.05, 0) is 48.7 Å². The van der Waals surface area contributed by atoms with Crippen LogP contribution in [0, 0.1) is 5.82 Å². The smallest absolute Gasteiger partial charge is 0.162 e. The molecule has 0 unspecified atom stereocenters. The lowest BCUT2D eigenvalue weighted by Gasteiger charge is -2.04. The third-order valence-electron chi connectivity index (χ3n) is 2.97. The van der Waals surface area contributed by atoms with Gasteiger partial charge in [-0.2, -0.15) is 0 Å². The Morgan fingerprint density at radius 1 is 1.05 bits per heavy atom. The van der Waals surface area contributed by atoms with Crippen molar-refractivity contribution in [3.63, 3.8) is 0 Å². The van der Waals surface area contributed by atoms with E-state index in [1.54, 1.807) is 0 Å². The van der Waals surface area contributed by atoms with Crippen LogP contribution in [0.25, 0.3) is 0 Å². The van der Waals surface area contributed by atoms with Gasteiger partial charge in [-0.25, -0.2) is 4.39 Å². The minimum atomic E-state index is -0.326. The summed E-state index contributed by atoms with van der Waals surface area (Å²) in [5, 5.41) is 0.733. The van der Waals surface area contributed by atoms with Crippen molar-refractivity contribution in [1.29, 1.82) is 0 Å². The Bertz CT molecular complexity index is 563. The fourth-order valence-electron chi connectivity index (χ4n) is 1.92. The zero-order valence-corrected chi connectivity index (χ0v) is 11.2. The summed E-state index contributed by atoms with van der Waals surface area (Å²) >= 11 is 6.05.